The molecule has 92 valence electrons. The maximum absolute atomic E-state index is 11.8. The van der Waals surface area contributed by atoms with E-state index in [9.17, 15) is 9.59 Å². The number of fused-ring (bicyclic) bond motifs is 1. The molecule has 1 amide bonds. The van der Waals surface area contributed by atoms with Crippen LogP contribution in [0.2, 0.25) is 0 Å². The molecule has 17 heavy (non-hydrogen) atoms. The number of pyridine rings is 1. The van der Waals surface area contributed by atoms with Gasteiger partial charge in [-0.15, -0.1) is 0 Å². The molecule has 1 aliphatic rings. The topological polar surface area (TPSA) is 42.3 Å². The standard InChI is InChI=1S/C13H18N2O2/c1-10-8-14(11(2)16)7-6-12-4-3-5-13(17)15(12)9-10/h3-5,10H,6-9H2,1-2H3/t10-/m0/s1. The van der Waals surface area contributed by atoms with Gasteiger partial charge in [-0.25, -0.2) is 0 Å². The van der Waals surface area contributed by atoms with Gasteiger partial charge >= 0.3 is 0 Å². The summed E-state index contributed by atoms with van der Waals surface area (Å²) in [5.74, 6) is 0.418. The molecule has 0 radical (unpaired) electrons. The maximum atomic E-state index is 11.8. The van der Waals surface area contributed by atoms with E-state index < -0.39 is 0 Å². The summed E-state index contributed by atoms with van der Waals surface area (Å²) in [6.07, 6.45) is 0.752. The normalized spacial score (nSPS) is 20.4. The number of amides is 1. The molecule has 4 heteroatoms. The van der Waals surface area contributed by atoms with Crippen LogP contribution in [-0.4, -0.2) is 28.5 Å². The lowest BCUT2D eigenvalue weighted by Gasteiger charge is -2.29. The van der Waals surface area contributed by atoms with Crippen molar-refractivity contribution in [1.82, 2.24) is 9.47 Å². The molecule has 0 N–H and O–H groups in total. The number of carbonyl (C=O) groups excluding carboxylic acids is 1. The Balaban J connectivity index is 2.32. The zero-order valence-electron chi connectivity index (χ0n) is 10.3. The van der Waals surface area contributed by atoms with Crippen molar-refractivity contribution in [3.63, 3.8) is 0 Å². The van der Waals surface area contributed by atoms with E-state index in [0.29, 0.717) is 19.0 Å². The Morgan fingerprint density at radius 3 is 2.82 bits per heavy atom. The van der Waals surface area contributed by atoms with Crippen molar-refractivity contribution in [1.29, 1.82) is 0 Å². The summed E-state index contributed by atoms with van der Waals surface area (Å²) in [5, 5.41) is 0. The lowest BCUT2D eigenvalue weighted by atomic mass is 10.1. The van der Waals surface area contributed by atoms with Gasteiger partial charge in [0.25, 0.3) is 5.56 Å². The second-order valence-corrected chi connectivity index (χ2v) is 4.79. The Morgan fingerprint density at radius 2 is 2.12 bits per heavy atom. The van der Waals surface area contributed by atoms with Crippen LogP contribution >= 0.6 is 0 Å². The van der Waals surface area contributed by atoms with Gasteiger partial charge in [-0.3, -0.25) is 9.59 Å². The molecular formula is C13H18N2O2. The second-order valence-electron chi connectivity index (χ2n) is 4.79. The molecule has 0 saturated carbocycles. The second kappa shape index (κ2) is 4.73. The highest BCUT2D eigenvalue weighted by Gasteiger charge is 2.18. The molecule has 1 aromatic heterocycles. The monoisotopic (exact) mass is 234 g/mol. The molecule has 2 heterocycles. The first-order valence-electron chi connectivity index (χ1n) is 6.02. The summed E-state index contributed by atoms with van der Waals surface area (Å²) in [6, 6.07) is 5.36. The Labute approximate surface area is 101 Å². The number of hydrogen-bond donors (Lipinski definition) is 0. The largest absolute Gasteiger partial charge is 0.342 e. The summed E-state index contributed by atoms with van der Waals surface area (Å²) in [6.45, 7) is 5.80. The lowest BCUT2D eigenvalue weighted by Crippen LogP contribution is -2.40. The predicted octanol–water partition coefficient (Wildman–Crippen LogP) is 0.889. The average Bonchev–Trinajstić information content (AvgIpc) is 2.24. The van der Waals surface area contributed by atoms with Crippen LogP contribution in [0.4, 0.5) is 0 Å². The molecule has 0 fully saturated rings. The van der Waals surface area contributed by atoms with E-state index in [1.165, 1.54) is 0 Å². The van der Waals surface area contributed by atoms with Crippen molar-refractivity contribution in [2.24, 2.45) is 5.92 Å². The van der Waals surface area contributed by atoms with Crippen LogP contribution in [0.15, 0.2) is 23.0 Å². The molecule has 1 atom stereocenters. The fourth-order valence-corrected chi connectivity index (χ4v) is 2.36. The third-order valence-corrected chi connectivity index (χ3v) is 3.25. The molecule has 0 spiro atoms. The van der Waals surface area contributed by atoms with Crippen LogP contribution in [0.25, 0.3) is 0 Å². The summed E-state index contributed by atoms with van der Waals surface area (Å²) in [4.78, 5) is 25.1. The highest BCUT2D eigenvalue weighted by molar-refractivity contribution is 5.73. The molecule has 1 aliphatic heterocycles. The Kier molecular flexibility index (Phi) is 3.31. The van der Waals surface area contributed by atoms with E-state index in [-0.39, 0.29) is 11.5 Å². The molecule has 0 aromatic carbocycles. The zero-order valence-corrected chi connectivity index (χ0v) is 10.3. The Morgan fingerprint density at radius 1 is 1.35 bits per heavy atom. The van der Waals surface area contributed by atoms with Gasteiger partial charge in [0.1, 0.15) is 0 Å². The summed E-state index contributed by atoms with van der Waals surface area (Å²) in [5.41, 5.74) is 1.08. The predicted molar refractivity (Wildman–Crippen MR) is 65.8 cm³/mol. The van der Waals surface area contributed by atoms with Gasteiger partial charge in [-0.05, 0) is 12.0 Å². The molecule has 0 aliphatic carbocycles. The number of hydrogen-bond acceptors (Lipinski definition) is 2. The van der Waals surface area contributed by atoms with Crippen LogP contribution in [0, 0.1) is 5.92 Å². The third-order valence-electron chi connectivity index (χ3n) is 3.25. The van der Waals surface area contributed by atoms with Gasteiger partial charge in [0.05, 0.1) is 0 Å². The number of aromatic nitrogens is 1. The smallest absolute Gasteiger partial charge is 0.250 e. The molecule has 2 rings (SSSR count). The van der Waals surface area contributed by atoms with Gasteiger partial charge < -0.3 is 9.47 Å². The summed E-state index contributed by atoms with van der Waals surface area (Å²) in [7, 11) is 0. The van der Waals surface area contributed by atoms with Crippen LogP contribution in [0.5, 0.6) is 0 Å². The van der Waals surface area contributed by atoms with Crippen molar-refractivity contribution in [3.05, 3.63) is 34.2 Å². The fraction of sp³-hybridized carbons (Fsp3) is 0.538. The van der Waals surface area contributed by atoms with E-state index in [4.69, 9.17) is 0 Å². The van der Waals surface area contributed by atoms with Crippen molar-refractivity contribution >= 4 is 5.91 Å². The van der Waals surface area contributed by atoms with E-state index >= 15 is 0 Å². The Hall–Kier alpha value is -1.58. The molecule has 0 bridgehead atoms. The number of carbonyl (C=O) groups is 1. The zero-order chi connectivity index (χ0) is 12.4. The van der Waals surface area contributed by atoms with Crippen LogP contribution in [0.1, 0.15) is 19.5 Å². The van der Waals surface area contributed by atoms with Crippen LogP contribution < -0.4 is 5.56 Å². The van der Waals surface area contributed by atoms with Crippen molar-refractivity contribution in [3.8, 4) is 0 Å². The van der Waals surface area contributed by atoms with Gasteiger partial charge in [-0.1, -0.05) is 13.0 Å². The van der Waals surface area contributed by atoms with Gasteiger partial charge in [0.15, 0.2) is 0 Å². The first-order chi connectivity index (χ1) is 8.08. The highest BCUT2D eigenvalue weighted by atomic mass is 16.2. The van der Waals surface area contributed by atoms with Gasteiger partial charge in [0.2, 0.25) is 5.91 Å². The molecule has 1 aromatic rings. The average molecular weight is 234 g/mol. The summed E-state index contributed by atoms with van der Waals surface area (Å²) < 4.78 is 1.84. The van der Waals surface area contributed by atoms with E-state index in [1.807, 2.05) is 15.5 Å². The third kappa shape index (κ3) is 2.57. The lowest BCUT2D eigenvalue weighted by molar-refractivity contribution is -0.129. The highest BCUT2D eigenvalue weighted by Crippen LogP contribution is 2.11. The molecule has 0 unspecified atom stereocenters. The van der Waals surface area contributed by atoms with Gasteiger partial charge in [-0.2, -0.15) is 0 Å². The van der Waals surface area contributed by atoms with E-state index in [0.717, 1.165) is 18.7 Å². The first kappa shape index (κ1) is 11.9. The molecule has 4 nitrogen and oxygen atoms in total. The van der Waals surface area contributed by atoms with E-state index in [1.54, 1.807) is 19.1 Å². The SMILES string of the molecule is CC(=O)N1CCc2cccc(=O)n2C[C@@H](C)C1. The fourth-order valence-electron chi connectivity index (χ4n) is 2.36. The van der Waals surface area contributed by atoms with Gasteiger partial charge in [0, 0.05) is 44.7 Å². The van der Waals surface area contributed by atoms with Crippen molar-refractivity contribution in [2.45, 2.75) is 26.8 Å². The molecular weight excluding hydrogens is 216 g/mol. The minimum atomic E-state index is 0.0608. The number of rotatable bonds is 0. The van der Waals surface area contributed by atoms with Crippen molar-refractivity contribution in [2.75, 3.05) is 13.1 Å². The number of nitrogens with zero attached hydrogens (tertiary/aromatic N) is 2. The van der Waals surface area contributed by atoms with Crippen LogP contribution in [-0.2, 0) is 17.8 Å². The first-order valence-corrected chi connectivity index (χ1v) is 6.02. The van der Waals surface area contributed by atoms with Crippen molar-refractivity contribution < 1.29 is 4.79 Å². The minimum Gasteiger partial charge on any atom is -0.342 e. The maximum Gasteiger partial charge on any atom is 0.250 e. The van der Waals surface area contributed by atoms with E-state index in [2.05, 4.69) is 6.92 Å². The summed E-state index contributed by atoms with van der Waals surface area (Å²) >= 11 is 0. The van der Waals surface area contributed by atoms with Crippen LogP contribution in [0.3, 0.4) is 0 Å². The molecule has 0 saturated heterocycles. The quantitative estimate of drug-likeness (QED) is 0.669. The Bertz CT molecular complexity index is 479. The minimum absolute atomic E-state index is 0.0608.